The lowest BCUT2D eigenvalue weighted by molar-refractivity contribution is -0.151. The van der Waals surface area contributed by atoms with Gasteiger partial charge < -0.3 is 19.2 Å². The van der Waals surface area contributed by atoms with E-state index in [4.69, 9.17) is 9.39 Å². The number of ketones is 1. The lowest BCUT2D eigenvalue weighted by Crippen LogP contribution is -2.36. The van der Waals surface area contributed by atoms with Crippen molar-refractivity contribution in [3.63, 3.8) is 0 Å². The summed E-state index contributed by atoms with van der Waals surface area (Å²) in [6.07, 6.45) is -0.876. The van der Waals surface area contributed by atoms with Crippen molar-refractivity contribution in [2.75, 3.05) is 6.79 Å². The molecular weight excluding hydrogens is 377 g/mol. The van der Waals surface area contributed by atoms with E-state index in [1.54, 1.807) is 19.1 Å². The molecule has 152 valence electrons. The van der Waals surface area contributed by atoms with Gasteiger partial charge in [0.2, 0.25) is 6.79 Å². The molecule has 0 fully saturated rings. The molecule has 0 saturated carbocycles. The molecule has 1 N–H and O–H groups in total. The normalized spacial score (nSPS) is 16.0. The van der Waals surface area contributed by atoms with E-state index in [1.807, 2.05) is 0 Å². The highest BCUT2D eigenvalue weighted by atomic mass is 19.3. The third kappa shape index (κ3) is 6.02. The number of para-hydroxylation sites is 1. The predicted molar refractivity (Wildman–Crippen MR) is 94.0 cm³/mol. The molecule has 0 saturated heterocycles. The van der Waals surface area contributed by atoms with Crippen LogP contribution in [0.1, 0.15) is 49.0 Å². The molecular formula is C18H21BF2O7. The van der Waals surface area contributed by atoms with Gasteiger partial charge in [-0.1, -0.05) is 19.1 Å². The molecule has 1 atom stereocenters. The van der Waals surface area contributed by atoms with E-state index < -0.39 is 49.8 Å². The van der Waals surface area contributed by atoms with Crippen LogP contribution in [0.15, 0.2) is 18.2 Å². The van der Waals surface area contributed by atoms with E-state index in [9.17, 15) is 28.2 Å². The van der Waals surface area contributed by atoms with Crippen molar-refractivity contribution in [3.05, 3.63) is 29.3 Å². The molecule has 1 aromatic carbocycles. The zero-order valence-corrected chi connectivity index (χ0v) is 15.6. The number of carbonyl (C=O) groups is 3. The number of ether oxygens (including phenoxy) is 2. The number of esters is 2. The predicted octanol–water partition coefficient (Wildman–Crippen LogP) is 2.54. The van der Waals surface area contributed by atoms with Gasteiger partial charge in [-0.3, -0.25) is 9.59 Å². The Balaban J connectivity index is 2.06. The van der Waals surface area contributed by atoms with Crippen LogP contribution in [0, 0.1) is 0 Å². The molecule has 1 aliphatic rings. The smallest absolute Gasteiger partial charge is 0.526 e. The summed E-state index contributed by atoms with van der Waals surface area (Å²) < 4.78 is 40.9. The molecule has 2 rings (SSSR count). The number of rotatable bonds is 8. The Morgan fingerprint density at radius 3 is 2.68 bits per heavy atom. The van der Waals surface area contributed by atoms with Crippen LogP contribution in [0.5, 0.6) is 5.75 Å². The number of hydrogen-bond acceptors (Lipinski definition) is 7. The Bertz CT molecular complexity index is 748. The molecule has 1 heterocycles. The second-order valence-electron chi connectivity index (χ2n) is 6.68. The van der Waals surface area contributed by atoms with Gasteiger partial charge in [-0.05, 0) is 25.0 Å². The number of halogens is 2. The molecule has 0 amide bonds. The first-order valence-corrected chi connectivity index (χ1v) is 8.79. The van der Waals surface area contributed by atoms with Crippen LogP contribution in [0.2, 0.25) is 5.82 Å². The van der Waals surface area contributed by atoms with Crippen molar-refractivity contribution < 1.29 is 42.3 Å². The molecule has 10 heteroatoms. The summed E-state index contributed by atoms with van der Waals surface area (Å²) in [5.41, 5.74) is 0.556. The lowest BCUT2D eigenvalue weighted by atomic mass is 9.64. The Labute approximate surface area is 161 Å². The first-order valence-electron chi connectivity index (χ1n) is 8.79. The van der Waals surface area contributed by atoms with Crippen LogP contribution < -0.4 is 4.65 Å². The first-order chi connectivity index (χ1) is 13.1. The Kier molecular flexibility index (Phi) is 7.12. The maximum absolute atomic E-state index is 13.0. The van der Waals surface area contributed by atoms with Gasteiger partial charge in [0.05, 0.1) is 6.42 Å². The summed E-state index contributed by atoms with van der Waals surface area (Å²) in [6.45, 7) is 1.69. The highest BCUT2D eigenvalue weighted by Gasteiger charge is 2.39. The van der Waals surface area contributed by atoms with Crippen LogP contribution >= 0.6 is 0 Å². The molecule has 28 heavy (non-hydrogen) atoms. The Morgan fingerprint density at radius 2 is 2.04 bits per heavy atom. The van der Waals surface area contributed by atoms with Gasteiger partial charge >= 0.3 is 19.1 Å². The molecule has 0 unspecified atom stereocenters. The molecule has 1 aromatic rings. The fourth-order valence-corrected chi connectivity index (χ4v) is 2.86. The summed E-state index contributed by atoms with van der Waals surface area (Å²) in [5.74, 6) is -5.76. The zero-order valence-electron chi connectivity index (χ0n) is 15.6. The maximum atomic E-state index is 13.0. The second-order valence-corrected chi connectivity index (χ2v) is 6.68. The average molecular weight is 398 g/mol. The largest absolute Gasteiger partial charge is 0.535 e. The summed E-state index contributed by atoms with van der Waals surface area (Å²) in [6, 6.07) is 4.62. The van der Waals surface area contributed by atoms with E-state index in [0.29, 0.717) is 12.5 Å². The summed E-state index contributed by atoms with van der Waals surface area (Å²) in [5, 5.41) is 10.2. The number of hydrogen-bond donors (Lipinski definition) is 1. The highest BCUT2D eigenvalue weighted by Crippen LogP contribution is 2.37. The number of fused-ring (bicyclic) bond motifs is 1. The number of carbonyl (C=O) groups excluding carboxylic acids is 3. The molecule has 0 aliphatic carbocycles. The maximum Gasteiger partial charge on any atom is 0.526 e. The molecule has 0 bridgehead atoms. The molecule has 7 nitrogen and oxygen atoms in total. The van der Waals surface area contributed by atoms with Gasteiger partial charge in [-0.2, -0.15) is 0 Å². The summed E-state index contributed by atoms with van der Waals surface area (Å²) in [4.78, 5) is 35.1. The fraction of sp³-hybridized carbons (Fsp3) is 0.500. The lowest BCUT2D eigenvalue weighted by Gasteiger charge is -2.28. The summed E-state index contributed by atoms with van der Waals surface area (Å²) in [7, 11) is -1.44. The van der Waals surface area contributed by atoms with Gasteiger partial charge in [0, 0.05) is 18.7 Å². The van der Waals surface area contributed by atoms with E-state index in [1.165, 1.54) is 6.07 Å². The van der Waals surface area contributed by atoms with E-state index in [0.717, 1.165) is 0 Å². The Hall–Kier alpha value is -2.49. The van der Waals surface area contributed by atoms with Crippen molar-refractivity contribution in [2.45, 2.75) is 51.3 Å². The third-order valence-electron chi connectivity index (χ3n) is 4.14. The van der Waals surface area contributed by atoms with Gasteiger partial charge in [0.1, 0.15) is 17.1 Å². The van der Waals surface area contributed by atoms with Crippen molar-refractivity contribution in [1.82, 2.24) is 0 Å². The fourth-order valence-electron chi connectivity index (χ4n) is 2.86. The monoisotopic (exact) mass is 398 g/mol. The van der Waals surface area contributed by atoms with Crippen molar-refractivity contribution >= 4 is 24.8 Å². The number of alkyl halides is 2. The zero-order chi connectivity index (χ0) is 20.9. The minimum Gasteiger partial charge on any atom is -0.535 e. The van der Waals surface area contributed by atoms with Gasteiger partial charge in [0.15, 0.2) is 0 Å². The van der Waals surface area contributed by atoms with Gasteiger partial charge in [-0.25, -0.2) is 13.6 Å². The van der Waals surface area contributed by atoms with Gasteiger partial charge in [-0.15, -0.1) is 0 Å². The minimum atomic E-state index is -3.12. The van der Waals surface area contributed by atoms with Crippen LogP contribution in [-0.2, 0) is 25.5 Å². The third-order valence-corrected chi connectivity index (χ3v) is 4.14. The number of Topliss-reactive ketones (excluding diaryl/α,β-unsaturated/α-hetero) is 1. The standard InChI is InChI=1S/C18H21BF2O7/c1-3-15(23)26-10-27-17(24)14-6-4-5-11-7-12(19(25)28-16(11)14)8-13(22)9-18(2,20)21/h4-6,12,25H,3,7-10H2,1-2H3/t12-/m1/s1. The van der Waals surface area contributed by atoms with Crippen LogP contribution in [0.3, 0.4) is 0 Å². The van der Waals surface area contributed by atoms with Crippen LogP contribution in [0.25, 0.3) is 0 Å². The molecule has 0 aromatic heterocycles. The van der Waals surface area contributed by atoms with Gasteiger partial charge in [0.25, 0.3) is 5.92 Å². The van der Waals surface area contributed by atoms with Crippen molar-refractivity contribution in [2.24, 2.45) is 0 Å². The molecule has 0 radical (unpaired) electrons. The molecule has 1 aliphatic heterocycles. The number of benzene rings is 1. The molecule has 0 spiro atoms. The Morgan fingerprint density at radius 1 is 1.32 bits per heavy atom. The van der Waals surface area contributed by atoms with E-state index >= 15 is 0 Å². The quantitative estimate of drug-likeness (QED) is 0.408. The van der Waals surface area contributed by atoms with Crippen LogP contribution in [0.4, 0.5) is 8.78 Å². The highest BCUT2D eigenvalue weighted by molar-refractivity contribution is 6.47. The van der Waals surface area contributed by atoms with Crippen molar-refractivity contribution in [3.8, 4) is 5.75 Å². The second kappa shape index (κ2) is 9.14. The van der Waals surface area contributed by atoms with E-state index in [-0.39, 0.29) is 30.6 Å². The summed E-state index contributed by atoms with van der Waals surface area (Å²) >= 11 is 0. The van der Waals surface area contributed by atoms with E-state index in [2.05, 4.69) is 4.74 Å². The average Bonchev–Trinajstić information content (AvgIpc) is 2.60. The first kappa shape index (κ1) is 21.8. The van der Waals surface area contributed by atoms with Crippen LogP contribution in [-0.4, -0.2) is 42.6 Å². The minimum absolute atomic E-state index is 0.0222. The SMILES string of the molecule is CCC(=O)OCOC(=O)c1cccc2c1OB(O)[C@@H](CC(=O)CC(C)(F)F)C2. The topological polar surface area (TPSA) is 99.1 Å². The van der Waals surface area contributed by atoms with Crippen molar-refractivity contribution in [1.29, 1.82) is 0 Å².